The molecule has 0 spiro atoms. The molecule has 0 bridgehead atoms. The third-order valence-electron chi connectivity index (χ3n) is 3.66. The first-order valence-corrected chi connectivity index (χ1v) is 9.30. The summed E-state index contributed by atoms with van der Waals surface area (Å²) in [6.45, 7) is 5.85. The zero-order valence-electron chi connectivity index (χ0n) is 13.4. The van der Waals surface area contributed by atoms with Gasteiger partial charge in [0.15, 0.2) is 0 Å². The first-order chi connectivity index (χ1) is 11.1. The lowest BCUT2D eigenvalue weighted by molar-refractivity contribution is -0.116. The van der Waals surface area contributed by atoms with Gasteiger partial charge < -0.3 is 0 Å². The number of hydrogen-bond acceptors (Lipinski definition) is 5. The molecule has 0 saturated heterocycles. The Morgan fingerprint density at radius 3 is 2.61 bits per heavy atom. The van der Waals surface area contributed by atoms with E-state index in [1.165, 1.54) is 21.6 Å². The summed E-state index contributed by atoms with van der Waals surface area (Å²) in [5.41, 5.74) is 3.66. The van der Waals surface area contributed by atoms with Crippen molar-refractivity contribution in [1.29, 1.82) is 0 Å². The van der Waals surface area contributed by atoms with E-state index < -0.39 is 0 Å². The van der Waals surface area contributed by atoms with Gasteiger partial charge in [0, 0.05) is 22.6 Å². The van der Waals surface area contributed by atoms with Gasteiger partial charge in [-0.05, 0) is 26.3 Å². The lowest BCUT2D eigenvalue weighted by atomic mass is 10.0. The van der Waals surface area contributed by atoms with Crippen LogP contribution < -0.4 is 0 Å². The molecule has 0 fully saturated rings. The molecule has 3 rings (SSSR count). The lowest BCUT2D eigenvalue weighted by Crippen LogP contribution is -1.93. The maximum absolute atomic E-state index is 11.2. The van der Waals surface area contributed by atoms with Gasteiger partial charge in [0.2, 0.25) is 0 Å². The van der Waals surface area contributed by atoms with Crippen molar-refractivity contribution in [2.24, 2.45) is 0 Å². The number of hydrogen-bond donors (Lipinski definition) is 0. The molecular weight excluding hydrogens is 324 g/mol. The molecular formula is C18H18N2OS2. The molecule has 0 N–H and O–H groups in total. The molecule has 0 radical (unpaired) electrons. The number of thiophene rings is 1. The van der Waals surface area contributed by atoms with Gasteiger partial charge in [-0.1, -0.05) is 29.8 Å². The van der Waals surface area contributed by atoms with Crippen molar-refractivity contribution in [2.45, 2.75) is 32.2 Å². The molecule has 118 valence electrons. The van der Waals surface area contributed by atoms with E-state index in [4.69, 9.17) is 0 Å². The molecule has 5 heteroatoms. The van der Waals surface area contributed by atoms with Crippen LogP contribution in [0.15, 0.2) is 35.6 Å². The van der Waals surface area contributed by atoms with Gasteiger partial charge >= 0.3 is 0 Å². The highest BCUT2D eigenvalue weighted by Gasteiger charge is 2.16. The number of carbonyl (C=O) groups is 1. The highest BCUT2D eigenvalue weighted by atomic mass is 32.2. The second-order valence-corrected chi connectivity index (χ2v) is 7.85. The maximum Gasteiger partial charge on any atom is 0.130 e. The molecule has 2 aromatic heterocycles. The number of aromatic nitrogens is 2. The van der Waals surface area contributed by atoms with Gasteiger partial charge in [0.25, 0.3) is 0 Å². The highest BCUT2D eigenvalue weighted by molar-refractivity contribution is 7.99. The van der Waals surface area contributed by atoms with Crippen LogP contribution in [0.4, 0.5) is 0 Å². The number of Topliss-reactive ketones (excluding diaryl/α,β-unsaturated/α-hetero) is 1. The first-order valence-electron chi connectivity index (χ1n) is 7.49. The molecule has 3 aromatic rings. The zero-order chi connectivity index (χ0) is 16.4. The minimum Gasteiger partial charge on any atom is -0.300 e. The Morgan fingerprint density at radius 2 is 1.91 bits per heavy atom. The molecule has 23 heavy (non-hydrogen) atoms. The van der Waals surface area contributed by atoms with E-state index in [1.807, 2.05) is 0 Å². The molecule has 0 atom stereocenters. The van der Waals surface area contributed by atoms with Crippen molar-refractivity contribution >= 4 is 39.1 Å². The predicted molar refractivity (Wildman–Crippen MR) is 98.3 cm³/mol. The Hall–Kier alpha value is -1.72. The normalized spacial score (nSPS) is 11.1. The van der Waals surface area contributed by atoms with Crippen LogP contribution in [0.5, 0.6) is 0 Å². The Bertz CT molecular complexity index is 853. The van der Waals surface area contributed by atoms with Gasteiger partial charge in [0.05, 0.1) is 5.39 Å². The number of carbonyl (C=O) groups excluding carboxylic acids is 1. The smallest absolute Gasteiger partial charge is 0.130 e. The Morgan fingerprint density at radius 1 is 1.17 bits per heavy atom. The summed E-state index contributed by atoms with van der Waals surface area (Å²) in [4.78, 5) is 22.3. The molecule has 3 nitrogen and oxygen atoms in total. The van der Waals surface area contributed by atoms with Gasteiger partial charge in [-0.3, -0.25) is 4.79 Å². The summed E-state index contributed by atoms with van der Waals surface area (Å²) in [6, 6.07) is 8.57. The van der Waals surface area contributed by atoms with Crippen LogP contribution in [0.2, 0.25) is 0 Å². The van der Waals surface area contributed by atoms with E-state index in [9.17, 15) is 4.79 Å². The molecule has 0 aliphatic rings. The van der Waals surface area contributed by atoms with Gasteiger partial charge in [0.1, 0.15) is 22.0 Å². The number of ketones is 1. The van der Waals surface area contributed by atoms with E-state index in [0.29, 0.717) is 6.42 Å². The number of nitrogens with zero attached hydrogens (tertiary/aromatic N) is 2. The van der Waals surface area contributed by atoms with Crippen LogP contribution in [-0.4, -0.2) is 21.5 Å². The topological polar surface area (TPSA) is 42.9 Å². The minimum atomic E-state index is 0.211. The molecule has 0 aliphatic heterocycles. The third kappa shape index (κ3) is 3.46. The van der Waals surface area contributed by atoms with Crippen LogP contribution in [0.25, 0.3) is 21.3 Å². The molecule has 0 saturated carbocycles. The second-order valence-electron chi connectivity index (χ2n) is 5.56. The van der Waals surface area contributed by atoms with E-state index in [0.717, 1.165) is 21.0 Å². The van der Waals surface area contributed by atoms with Gasteiger partial charge in [-0.2, -0.15) is 0 Å². The van der Waals surface area contributed by atoms with Crippen molar-refractivity contribution in [1.82, 2.24) is 9.97 Å². The summed E-state index contributed by atoms with van der Waals surface area (Å²) in [5.74, 6) is 0.965. The van der Waals surface area contributed by atoms with Crippen LogP contribution in [-0.2, 0) is 4.79 Å². The van der Waals surface area contributed by atoms with Crippen LogP contribution >= 0.6 is 23.1 Å². The highest BCUT2D eigenvalue weighted by Crippen LogP contribution is 2.41. The van der Waals surface area contributed by atoms with Crippen LogP contribution in [0.1, 0.15) is 23.8 Å². The molecule has 0 unspecified atom stereocenters. The average molecular weight is 342 g/mol. The van der Waals surface area contributed by atoms with E-state index in [-0.39, 0.29) is 5.78 Å². The molecule has 0 amide bonds. The predicted octanol–water partition coefficient (Wildman–Crippen LogP) is 5.05. The zero-order valence-corrected chi connectivity index (χ0v) is 15.1. The number of benzene rings is 1. The fourth-order valence-corrected chi connectivity index (χ4v) is 4.61. The number of thioether (sulfide) groups is 1. The lowest BCUT2D eigenvalue weighted by Gasteiger charge is -2.06. The largest absolute Gasteiger partial charge is 0.300 e. The first kappa shape index (κ1) is 16.1. The van der Waals surface area contributed by atoms with Gasteiger partial charge in [-0.15, -0.1) is 23.1 Å². The third-order valence-corrected chi connectivity index (χ3v) is 5.67. The fourth-order valence-electron chi connectivity index (χ4n) is 2.49. The Kier molecular flexibility index (Phi) is 4.78. The molecule has 1 aromatic carbocycles. The quantitative estimate of drug-likeness (QED) is 0.481. The van der Waals surface area contributed by atoms with Crippen molar-refractivity contribution in [3.05, 3.63) is 41.0 Å². The summed E-state index contributed by atoms with van der Waals surface area (Å²) in [5, 5.41) is 2.09. The van der Waals surface area contributed by atoms with Crippen molar-refractivity contribution in [3.8, 4) is 11.1 Å². The second kappa shape index (κ2) is 6.81. The maximum atomic E-state index is 11.2. The Labute approximate surface area is 144 Å². The monoisotopic (exact) mass is 342 g/mol. The standard InChI is InChI=1S/C18H18N2OS2/c1-11-4-6-14(7-5-11)15-13(3)23-18-16(15)17(19-10-20-18)22-9-8-12(2)21/h4-7,10H,8-9H2,1-3H3. The molecule has 2 heterocycles. The fraction of sp³-hybridized carbons (Fsp3) is 0.278. The number of aryl methyl sites for hydroxylation is 2. The minimum absolute atomic E-state index is 0.211. The molecule has 0 aliphatic carbocycles. The van der Waals surface area contributed by atoms with Crippen molar-refractivity contribution in [3.63, 3.8) is 0 Å². The number of fused-ring (bicyclic) bond motifs is 1. The van der Waals surface area contributed by atoms with Crippen molar-refractivity contribution in [2.75, 3.05) is 5.75 Å². The van der Waals surface area contributed by atoms with Crippen molar-refractivity contribution < 1.29 is 4.79 Å². The summed E-state index contributed by atoms with van der Waals surface area (Å²) in [7, 11) is 0. The Balaban J connectivity index is 2.08. The summed E-state index contributed by atoms with van der Waals surface area (Å²) < 4.78 is 0. The van der Waals surface area contributed by atoms with Crippen LogP contribution in [0.3, 0.4) is 0 Å². The summed E-state index contributed by atoms with van der Waals surface area (Å²) in [6.07, 6.45) is 2.19. The van der Waals surface area contributed by atoms with E-state index in [1.54, 1.807) is 36.3 Å². The SMILES string of the molecule is CC(=O)CCSc1ncnc2sc(C)c(-c3ccc(C)cc3)c12. The number of rotatable bonds is 5. The van der Waals surface area contributed by atoms with E-state index in [2.05, 4.69) is 48.1 Å². The summed E-state index contributed by atoms with van der Waals surface area (Å²) >= 11 is 3.34. The van der Waals surface area contributed by atoms with Gasteiger partial charge in [-0.25, -0.2) is 9.97 Å². The van der Waals surface area contributed by atoms with Crippen LogP contribution in [0, 0.1) is 13.8 Å². The average Bonchev–Trinajstić information content (AvgIpc) is 2.85. The van der Waals surface area contributed by atoms with E-state index >= 15 is 0 Å².